The molecule has 1 aromatic carbocycles. The van der Waals surface area contributed by atoms with Crippen LogP contribution < -0.4 is 5.32 Å². The summed E-state index contributed by atoms with van der Waals surface area (Å²) in [6.07, 6.45) is 0.350. The number of amides is 1. The molecule has 0 aliphatic rings. The second-order valence-electron chi connectivity index (χ2n) is 3.33. The molecule has 0 bridgehead atoms. The van der Waals surface area contributed by atoms with E-state index < -0.39 is 15.9 Å². The summed E-state index contributed by atoms with van der Waals surface area (Å²) in [5.41, 5.74) is 0.949. The Labute approximate surface area is 94.2 Å². The van der Waals surface area contributed by atoms with Gasteiger partial charge in [0.1, 0.15) is 5.75 Å². The molecule has 0 saturated carbocycles. The number of hydrogen-bond donors (Lipinski definition) is 2. The number of anilines is 1. The van der Waals surface area contributed by atoms with Gasteiger partial charge in [0.15, 0.2) is 0 Å². The van der Waals surface area contributed by atoms with Gasteiger partial charge >= 0.3 is 0 Å². The fourth-order valence-corrected chi connectivity index (χ4v) is 1.80. The summed E-state index contributed by atoms with van der Waals surface area (Å²) in [5, 5.41) is 2.60. The Kier molecular flexibility index (Phi) is 4.03. The molecule has 16 heavy (non-hydrogen) atoms. The topological polar surface area (TPSA) is 83.5 Å². The lowest BCUT2D eigenvalue weighted by Gasteiger charge is -2.05. The standard InChI is InChI=1S/C10H13NO4S/c1-2-10(12)11-9-5-3-4-8(6-9)7-16(13,14)15/h3-6H,2,7H2,1H3,(H,11,12)(H,13,14,15). The largest absolute Gasteiger partial charge is 0.326 e. The fraction of sp³-hybridized carbons (Fsp3) is 0.300. The molecule has 1 amide bonds. The lowest BCUT2D eigenvalue weighted by atomic mass is 10.2. The van der Waals surface area contributed by atoms with Crippen molar-refractivity contribution in [1.29, 1.82) is 0 Å². The average Bonchev–Trinajstić information content (AvgIpc) is 2.15. The van der Waals surface area contributed by atoms with Crippen LogP contribution in [0.25, 0.3) is 0 Å². The van der Waals surface area contributed by atoms with Crippen molar-refractivity contribution in [3.63, 3.8) is 0 Å². The number of carbonyl (C=O) groups is 1. The normalized spacial score (nSPS) is 11.1. The number of benzene rings is 1. The highest BCUT2D eigenvalue weighted by molar-refractivity contribution is 7.85. The van der Waals surface area contributed by atoms with Crippen LogP contribution in [-0.2, 0) is 20.7 Å². The predicted molar refractivity (Wildman–Crippen MR) is 60.6 cm³/mol. The fourth-order valence-electron chi connectivity index (χ4n) is 1.20. The maximum Gasteiger partial charge on any atom is 0.269 e. The van der Waals surface area contributed by atoms with Crippen LogP contribution in [-0.4, -0.2) is 18.9 Å². The number of nitrogens with one attached hydrogen (secondary N) is 1. The Balaban J connectivity index is 2.83. The molecule has 0 unspecified atom stereocenters. The van der Waals surface area contributed by atoms with Crippen molar-refractivity contribution in [3.05, 3.63) is 29.8 Å². The zero-order valence-electron chi connectivity index (χ0n) is 8.80. The smallest absolute Gasteiger partial charge is 0.269 e. The Morgan fingerprint density at radius 3 is 2.69 bits per heavy atom. The van der Waals surface area contributed by atoms with E-state index in [1.54, 1.807) is 25.1 Å². The van der Waals surface area contributed by atoms with Gasteiger partial charge in [0, 0.05) is 12.1 Å². The molecule has 0 aliphatic heterocycles. The lowest BCUT2D eigenvalue weighted by molar-refractivity contribution is -0.115. The average molecular weight is 243 g/mol. The van der Waals surface area contributed by atoms with Gasteiger partial charge in [-0.25, -0.2) is 0 Å². The maximum absolute atomic E-state index is 11.1. The van der Waals surface area contributed by atoms with E-state index in [0.29, 0.717) is 17.7 Å². The molecular weight excluding hydrogens is 230 g/mol. The molecule has 6 heteroatoms. The first-order valence-corrected chi connectivity index (χ1v) is 6.35. The molecule has 0 saturated heterocycles. The first kappa shape index (κ1) is 12.7. The van der Waals surface area contributed by atoms with E-state index in [9.17, 15) is 13.2 Å². The molecule has 0 spiro atoms. The van der Waals surface area contributed by atoms with Crippen LogP contribution in [0.5, 0.6) is 0 Å². The van der Waals surface area contributed by atoms with Gasteiger partial charge in [0.05, 0.1) is 0 Å². The van der Waals surface area contributed by atoms with E-state index in [-0.39, 0.29) is 5.91 Å². The van der Waals surface area contributed by atoms with Crippen molar-refractivity contribution in [2.75, 3.05) is 5.32 Å². The van der Waals surface area contributed by atoms with E-state index in [2.05, 4.69) is 5.32 Å². The van der Waals surface area contributed by atoms with Crippen LogP contribution in [0.2, 0.25) is 0 Å². The monoisotopic (exact) mass is 243 g/mol. The minimum absolute atomic E-state index is 0.149. The van der Waals surface area contributed by atoms with E-state index in [4.69, 9.17) is 4.55 Å². The molecule has 0 aliphatic carbocycles. The van der Waals surface area contributed by atoms with E-state index in [0.717, 1.165) is 0 Å². The number of hydrogen-bond acceptors (Lipinski definition) is 3. The van der Waals surface area contributed by atoms with Crippen molar-refractivity contribution in [1.82, 2.24) is 0 Å². The van der Waals surface area contributed by atoms with Crippen LogP contribution in [0, 0.1) is 0 Å². The van der Waals surface area contributed by atoms with Crippen molar-refractivity contribution >= 4 is 21.7 Å². The molecule has 0 heterocycles. The summed E-state index contributed by atoms with van der Waals surface area (Å²) in [7, 11) is -4.04. The van der Waals surface area contributed by atoms with Crippen molar-refractivity contribution in [3.8, 4) is 0 Å². The van der Waals surface area contributed by atoms with Crippen LogP contribution in [0.1, 0.15) is 18.9 Å². The van der Waals surface area contributed by atoms with Gasteiger partial charge in [-0.15, -0.1) is 0 Å². The molecule has 5 nitrogen and oxygen atoms in total. The summed E-state index contributed by atoms with van der Waals surface area (Å²) < 4.78 is 30.0. The second-order valence-corrected chi connectivity index (χ2v) is 4.78. The molecule has 1 aromatic rings. The summed E-state index contributed by atoms with van der Waals surface area (Å²) in [6.45, 7) is 1.72. The third-order valence-electron chi connectivity index (χ3n) is 1.88. The van der Waals surface area contributed by atoms with Crippen LogP contribution >= 0.6 is 0 Å². The highest BCUT2D eigenvalue weighted by Gasteiger charge is 2.07. The molecular formula is C10H13NO4S. The molecule has 0 atom stereocenters. The van der Waals surface area contributed by atoms with Gasteiger partial charge in [-0.2, -0.15) is 8.42 Å². The lowest BCUT2D eigenvalue weighted by Crippen LogP contribution is -2.10. The van der Waals surface area contributed by atoms with Crippen molar-refractivity contribution < 1.29 is 17.8 Å². The Morgan fingerprint density at radius 2 is 2.12 bits per heavy atom. The van der Waals surface area contributed by atoms with Crippen LogP contribution in [0.15, 0.2) is 24.3 Å². The van der Waals surface area contributed by atoms with Gasteiger partial charge in [-0.1, -0.05) is 19.1 Å². The van der Waals surface area contributed by atoms with Gasteiger partial charge in [0.2, 0.25) is 5.91 Å². The van der Waals surface area contributed by atoms with Gasteiger partial charge in [-0.05, 0) is 17.7 Å². The Bertz CT molecular complexity index is 481. The van der Waals surface area contributed by atoms with E-state index in [1.807, 2.05) is 0 Å². The molecule has 0 aromatic heterocycles. The summed E-state index contributed by atoms with van der Waals surface area (Å²) in [6, 6.07) is 6.35. The first-order chi connectivity index (χ1) is 7.40. The number of rotatable bonds is 4. The third kappa shape index (κ3) is 4.41. The minimum atomic E-state index is -4.04. The van der Waals surface area contributed by atoms with Gasteiger partial charge in [0.25, 0.3) is 10.1 Å². The van der Waals surface area contributed by atoms with Crippen molar-refractivity contribution in [2.45, 2.75) is 19.1 Å². The van der Waals surface area contributed by atoms with Crippen LogP contribution in [0.4, 0.5) is 5.69 Å². The highest BCUT2D eigenvalue weighted by Crippen LogP contribution is 2.13. The summed E-state index contributed by atoms with van der Waals surface area (Å²) in [5.74, 6) is -0.605. The zero-order valence-corrected chi connectivity index (χ0v) is 9.62. The molecule has 0 radical (unpaired) electrons. The summed E-state index contributed by atoms with van der Waals surface area (Å²) >= 11 is 0. The number of carbonyl (C=O) groups excluding carboxylic acids is 1. The van der Waals surface area contributed by atoms with E-state index >= 15 is 0 Å². The Morgan fingerprint density at radius 1 is 1.44 bits per heavy atom. The predicted octanol–water partition coefficient (Wildman–Crippen LogP) is 1.42. The van der Waals surface area contributed by atoms with Crippen molar-refractivity contribution in [2.24, 2.45) is 0 Å². The maximum atomic E-state index is 11.1. The van der Waals surface area contributed by atoms with Gasteiger partial charge in [-0.3, -0.25) is 9.35 Å². The Hall–Kier alpha value is -1.40. The molecule has 1 rings (SSSR count). The quantitative estimate of drug-likeness (QED) is 0.783. The van der Waals surface area contributed by atoms with Crippen LogP contribution in [0.3, 0.4) is 0 Å². The molecule has 0 fully saturated rings. The zero-order chi connectivity index (χ0) is 12.2. The second kappa shape index (κ2) is 5.09. The van der Waals surface area contributed by atoms with Gasteiger partial charge < -0.3 is 5.32 Å². The first-order valence-electron chi connectivity index (χ1n) is 4.74. The third-order valence-corrected chi connectivity index (χ3v) is 2.58. The molecule has 88 valence electrons. The summed E-state index contributed by atoms with van der Waals surface area (Å²) in [4.78, 5) is 11.1. The van der Waals surface area contributed by atoms with E-state index in [1.165, 1.54) is 6.07 Å². The molecule has 2 N–H and O–H groups in total. The minimum Gasteiger partial charge on any atom is -0.326 e. The SMILES string of the molecule is CCC(=O)Nc1cccc(CS(=O)(=O)O)c1. The highest BCUT2D eigenvalue weighted by atomic mass is 32.2.